The predicted molar refractivity (Wildman–Crippen MR) is 92.2 cm³/mol. The number of aromatic nitrogens is 2. The van der Waals surface area contributed by atoms with Crippen molar-refractivity contribution in [3.05, 3.63) is 53.1 Å². The summed E-state index contributed by atoms with van der Waals surface area (Å²) in [6, 6.07) is 8.06. The second kappa shape index (κ2) is 7.92. The molecule has 0 aliphatic rings. The van der Waals surface area contributed by atoms with Crippen molar-refractivity contribution < 1.29 is 4.79 Å². The van der Waals surface area contributed by atoms with Gasteiger partial charge in [0.25, 0.3) is 0 Å². The zero-order chi connectivity index (χ0) is 16.8. The van der Waals surface area contributed by atoms with Crippen molar-refractivity contribution in [2.75, 3.05) is 27.2 Å². The number of nitrogens with zero attached hydrogens (tertiary/aromatic N) is 3. The average Bonchev–Trinajstić information content (AvgIpc) is 2.90. The number of aryl methyl sites for hydroxylation is 2. The molecule has 5 nitrogen and oxygen atoms in total. The van der Waals surface area contributed by atoms with Gasteiger partial charge in [-0.05, 0) is 39.1 Å². The van der Waals surface area contributed by atoms with Crippen LogP contribution in [-0.2, 0) is 17.8 Å². The lowest BCUT2D eigenvalue weighted by Crippen LogP contribution is -2.37. The number of H-pyrrole nitrogens is 1. The SMILES string of the molecule is Cc1ccccc1CC(=O)N(CCN(C)C)Cc1nc[nH]c1C. The van der Waals surface area contributed by atoms with Crippen LogP contribution in [0.4, 0.5) is 0 Å². The van der Waals surface area contributed by atoms with Crippen molar-refractivity contribution in [3.63, 3.8) is 0 Å². The van der Waals surface area contributed by atoms with Gasteiger partial charge in [0.15, 0.2) is 0 Å². The number of imidazole rings is 1. The zero-order valence-corrected chi connectivity index (χ0v) is 14.5. The highest BCUT2D eigenvalue weighted by Gasteiger charge is 2.17. The summed E-state index contributed by atoms with van der Waals surface area (Å²) in [5, 5.41) is 0. The number of aromatic amines is 1. The highest BCUT2D eigenvalue weighted by molar-refractivity contribution is 5.79. The van der Waals surface area contributed by atoms with E-state index < -0.39 is 0 Å². The third-order valence-corrected chi connectivity index (χ3v) is 4.05. The van der Waals surface area contributed by atoms with Gasteiger partial charge in [-0.2, -0.15) is 0 Å². The van der Waals surface area contributed by atoms with Crippen LogP contribution in [0.15, 0.2) is 30.6 Å². The molecule has 0 saturated carbocycles. The van der Waals surface area contributed by atoms with Gasteiger partial charge in [-0.3, -0.25) is 4.79 Å². The lowest BCUT2D eigenvalue weighted by Gasteiger charge is -2.24. The molecule has 0 saturated heterocycles. The number of nitrogens with one attached hydrogen (secondary N) is 1. The summed E-state index contributed by atoms with van der Waals surface area (Å²) in [4.78, 5) is 24.2. The van der Waals surface area contributed by atoms with E-state index in [1.54, 1.807) is 6.33 Å². The van der Waals surface area contributed by atoms with E-state index in [0.29, 0.717) is 19.5 Å². The monoisotopic (exact) mass is 314 g/mol. The summed E-state index contributed by atoms with van der Waals surface area (Å²) in [5.41, 5.74) is 4.20. The van der Waals surface area contributed by atoms with Gasteiger partial charge in [-0.15, -0.1) is 0 Å². The van der Waals surface area contributed by atoms with E-state index in [-0.39, 0.29) is 5.91 Å². The van der Waals surface area contributed by atoms with E-state index in [0.717, 1.165) is 29.1 Å². The van der Waals surface area contributed by atoms with E-state index >= 15 is 0 Å². The van der Waals surface area contributed by atoms with E-state index in [9.17, 15) is 4.79 Å². The Hall–Kier alpha value is -2.14. The van der Waals surface area contributed by atoms with E-state index in [2.05, 4.69) is 14.9 Å². The maximum Gasteiger partial charge on any atom is 0.227 e. The third-order valence-electron chi connectivity index (χ3n) is 4.05. The molecule has 0 aliphatic heterocycles. The standard InChI is InChI=1S/C18H26N4O/c1-14-7-5-6-8-16(14)11-18(23)22(10-9-21(3)4)12-17-15(2)19-13-20-17/h5-8,13H,9-12H2,1-4H3,(H,19,20). The molecule has 0 unspecified atom stereocenters. The molecule has 1 aromatic carbocycles. The van der Waals surface area contributed by atoms with Gasteiger partial charge in [0.2, 0.25) is 5.91 Å². The Morgan fingerprint density at radius 3 is 2.52 bits per heavy atom. The highest BCUT2D eigenvalue weighted by Crippen LogP contribution is 2.12. The molecule has 1 amide bonds. The third kappa shape index (κ3) is 4.93. The first-order chi connectivity index (χ1) is 11.0. The minimum absolute atomic E-state index is 0.142. The van der Waals surface area contributed by atoms with Crippen molar-refractivity contribution >= 4 is 5.91 Å². The van der Waals surface area contributed by atoms with E-state index in [1.165, 1.54) is 0 Å². The van der Waals surface area contributed by atoms with E-state index in [4.69, 9.17) is 0 Å². The topological polar surface area (TPSA) is 52.2 Å². The van der Waals surface area contributed by atoms with Gasteiger partial charge in [0, 0.05) is 18.8 Å². The van der Waals surface area contributed by atoms with Crippen LogP contribution in [0, 0.1) is 13.8 Å². The predicted octanol–water partition coefficient (Wildman–Crippen LogP) is 2.16. The molecule has 0 fully saturated rings. The average molecular weight is 314 g/mol. The molecule has 0 bridgehead atoms. The zero-order valence-electron chi connectivity index (χ0n) is 14.5. The maximum atomic E-state index is 12.8. The first-order valence-electron chi connectivity index (χ1n) is 7.93. The molecule has 124 valence electrons. The Bertz CT molecular complexity index is 648. The smallest absolute Gasteiger partial charge is 0.227 e. The molecule has 1 aromatic heterocycles. The van der Waals surface area contributed by atoms with Gasteiger partial charge >= 0.3 is 0 Å². The van der Waals surface area contributed by atoms with Crippen molar-refractivity contribution in [3.8, 4) is 0 Å². The van der Waals surface area contributed by atoms with Crippen molar-refractivity contribution in [1.29, 1.82) is 0 Å². The summed E-state index contributed by atoms with van der Waals surface area (Å²) in [6.45, 7) is 6.11. The summed E-state index contributed by atoms with van der Waals surface area (Å²) in [7, 11) is 4.04. The fourth-order valence-electron chi connectivity index (χ4n) is 2.42. The maximum absolute atomic E-state index is 12.8. The van der Waals surface area contributed by atoms with Crippen molar-refractivity contribution in [1.82, 2.24) is 19.8 Å². The Labute approximate surface area is 138 Å². The Kier molecular flexibility index (Phi) is 5.93. The van der Waals surface area contributed by atoms with Crippen molar-refractivity contribution in [2.45, 2.75) is 26.8 Å². The molecular weight excluding hydrogens is 288 g/mol. The van der Waals surface area contributed by atoms with Crippen LogP contribution >= 0.6 is 0 Å². The molecule has 1 heterocycles. The number of rotatable bonds is 7. The number of amides is 1. The molecule has 0 radical (unpaired) electrons. The van der Waals surface area contributed by atoms with Gasteiger partial charge in [0.1, 0.15) is 0 Å². The van der Waals surface area contributed by atoms with E-state index in [1.807, 2.05) is 57.1 Å². The Morgan fingerprint density at radius 1 is 1.17 bits per heavy atom. The molecular formula is C18H26N4O. The van der Waals surface area contributed by atoms with Crippen LogP contribution < -0.4 is 0 Å². The quantitative estimate of drug-likeness (QED) is 0.852. The Balaban J connectivity index is 2.10. The summed E-state index contributed by atoms with van der Waals surface area (Å²) in [6.07, 6.45) is 2.12. The molecule has 0 aliphatic carbocycles. The fourth-order valence-corrected chi connectivity index (χ4v) is 2.42. The number of likely N-dealkylation sites (N-methyl/N-ethyl adjacent to an activating group) is 1. The summed E-state index contributed by atoms with van der Waals surface area (Å²) in [5.74, 6) is 0.142. The van der Waals surface area contributed by atoms with Crippen LogP contribution in [0.5, 0.6) is 0 Å². The van der Waals surface area contributed by atoms with Crippen LogP contribution in [0.1, 0.15) is 22.5 Å². The molecule has 5 heteroatoms. The minimum atomic E-state index is 0.142. The second-order valence-corrected chi connectivity index (χ2v) is 6.20. The molecule has 2 rings (SSSR count). The minimum Gasteiger partial charge on any atom is -0.348 e. The molecule has 0 spiro atoms. The molecule has 0 atom stereocenters. The normalized spacial score (nSPS) is 11.0. The van der Waals surface area contributed by atoms with Crippen molar-refractivity contribution in [2.24, 2.45) is 0 Å². The summed E-state index contributed by atoms with van der Waals surface area (Å²) >= 11 is 0. The van der Waals surface area contributed by atoms with Gasteiger partial charge in [-0.1, -0.05) is 24.3 Å². The van der Waals surface area contributed by atoms with Gasteiger partial charge in [-0.25, -0.2) is 4.98 Å². The lowest BCUT2D eigenvalue weighted by molar-refractivity contribution is -0.131. The first kappa shape index (κ1) is 17.2. The number of carbonyl (C=O) groups excluding carboxylic acids is 1. The number of hydrogen-bond donors (Lipinski definition) is 1. The number of carbonyl (C=O) groups is 1. The molecule has 1 N–H and O–H groups in total. The van der Waals surface area contributed by atoms with Gasteiger partial charge < -0.3 is 14.8 Å². The lowest BCUT2D eigenvalue weighted by atomic mass is 10.1. The molecule has 2 aromatic rings. The highest BCUT2D eigenvalue weighted by atomic mass is 16.2. The van der Waals surface area contributed by atoms with Crippen LogP contribution in [0.2, 0.25) is 0 Å². The largest absolute Gasteiger partial charge is 0.348 e. The van der Waals surface area contributed by atoms with Crippen LogP contribution in [0.3, 0.4) is 0 Å². The fraction of sp³-hybridized carbons (Fsp3) is 0.444. The molecule has 23 heavy (non-hydrogen) atoms. The summed E-state index contributed by atoms with van der Waals surface area (Å²) < 4.78 is 0. The number of hydrogen-bond acceptors (Lipinski definition) is 3. The Morgan fingerprint density at radius 2 is 1.91 bits per heavy atom. The number of benzene rings is 1. The van der Waals surface area contributed by atoms with Gasteiger partial charge in [0.05, 0.1) is 25.0 Å². The first-order valence-corrected chi connectivity index (χ1v) is 7.93. The van der Waals surface area contributed by atoms with Crippen LogP contribution in [-0.4, -0.2) is 52.9 Å². The van der Waals surface area contributed by atoms with Crippen LogP contribution in [0.25, 0.3) is 0 Å². The second-order valence-electron chi connectivity index (χ2n) is 6.20.